The molecule has 1 atom stereocenters. The van der Waals surface area contributed by atoms with Crippen LogP contribution in [-0.4, -0.2) is 46.3 Å². The van der Waals surface area contributed by atoms with Crippen molar-refractivity contribution in [2.75, 3.05) is 25.4 Å². The molecule has 1 fully saturated rings. The molecule has 1 saturated heterocycles. The molecule has 0 radical (unpaired) electrons. The van der Waals surface area contributed by atoms with E-state index in [1.807, 2.05) is 20.8 Å². The number of ether oxygens (including phenoxy) is 2. The predicted molar refractivity (Wildman–Crippen MR) is 115 cm³/mol. The van der Waals surface area contributed by atoms with Gasteiger partial charge in [-0.25, -0.2) is 19.6 Å². The van der Waals surface area contributed by atoms with Gasteiger partial charge in [-0.1, -0.05) is 35.9 Å². The fourth-order valence-electron chi connectivity index (χ4n) is 3.05. The lowest BCUT2D eigenvalue weighted by molar-refractivity contribution is 0.0284. The highest BCUT2D eigenvalue weighted by atomic mass is 35.5. The number of amides is 1. The van der Waals surface area contributed by atoms with Gasteiger partial charge in [0.15, 0.2) is 16.7 Å². The number of aromatic nitrogens is 2. The molecule has 2 aromatic rings. The van der Waals surface area contributed by atoms with Gasteiger partial charge in [-0.05, 0) is 27.2 Å². The second-order valence-electron chi connectivity index (χ2n) is 8.10. The van der Waals surface area contributed by atoms with Gasteiger partial charge in [0.25, 0.3) is 5.88 Å². The van der Waals surface area contributed by atoms with Gasteiger partial charge in [-0.15, -0.1) is 0 Å². The predicted octanol–water partition coefficient (Wildman–Crippen LogP) is 4.57. The first-order chi connectivity index (χ1) is 14.2. The van der Waals surface area contributed by atoms with Gasteiger partial charge in [0.2, 0.25) is 0 Å². The molecule has 0 aliphatic carbocycles. The molecule has 0 spiro atoms. The van der Waals surface area contributed by atoms with Crippen LogP contribution in [0, 0.1) is 12.5 Å². The van der Waals surface area contributed by atoms with Crippen LogP contribution < -0.4 is 10.5 Å². The van der Waals surface area contributed by atoms with Gasteiger partial charge in [0.1, 0.15) is 11.3 Å². The molecule has 158 valence electrons. The summed E-state index contributed by atoms with van der Waals surface area (Å²) in [7, 11) is 0. The van der Waals surface area contributed by atoms with Crippen LogP contribution in [0.2, 0.25) is 5.15 Å². The summed E-state index contributed by atoms with van der Waals surface area (Å²) >= 11 is 6.22. The van der Waals surface area contributed by atoms with E-state index >= 15 is 0 Å². The van der Waals surface area contributed by atoms with Crippen molar-refractivity contribution in [2.24, 2.45) is 5.92 Å². The third kappa shape index (κ3) is 5.30. The van der Waals surface area contributed by atoms with Crippen LogP contribution in [0.1, 0.15) is 27.2 Å². The maximum Gasteiger partial charge on any atom is 0.410 e. The average Bonchev–Trinajstić information content (AvgIpc) is 3.15. The number of nitrogen functional groups attached to an aromatic ring is 1. The Hall–Kier alpha value is -3.05. The summed E-state index contributed by atoms with van der Waals surface area (Å²) in [5.74, 6) is 0.429. The van der Waals surface area contributed by atoms with E-state index in [1.165, 1.54) is 0 Å². The molecule has 8 nitrogen and oxygen atoms in total. The summed E-state index contributed by atoms with van der Waals surface area (Å²) in [6.07, 6.45) is 0.478. The molecule has 1 amide bonds. The largest absolute Gasteiger partial charge is 0.475 e. The smallest absolute Gasteiger partial charge is 0.410 e. The molecule has 9 heteroatoms. The van der Waals surface area contributed by atoms with Crippen LogP contribution in [0.15, 0.2) is 24.3 Å². The van der Waals surface area contributed by atoms with Crippen molar-refractivity contribution in [3.05, 3.63) is 40.8 Å². The number of rotatable bonds is 4. The van der Waals surface area contributed by atoms with E-state index in [9.17, 15) is 4.79 Å². The van der Waals surface area contributed by atoms with Crippen LogP contribution in [0.4, 0.5) is 16.3 Å². The second kappa shape index (κ2) is 8.76. The summed E-state index contributed by atoms with van der Waals surface area (Å²) in [5.41, 5.74) is 7.07. The Bertz CT molecular complexity index is 966. The Kier molecular flexibility index (Phi) is 6.32. The molecule has 1 aromatic heterocycles. The van der Waals surface area contributed by atoms with Crippen LogP contribution in [-0.2, 0) is 4.74 Å². The van der Waals surface area contributed by atoms with E-state index in [0.717, 1.165) is 6.42 Å². The fourth-order valence-corrected chi connectivity index (χ4v) is 3.30. The Morgan fingerprint density at radius 3 is 2.67 bits per heavy atom. The molecule has 1 aliphatic rings. The quantitative estimate of drug-likeness (QED) is 0.715. The van der Waals surface area contributed by atoms with Crippen molar-refractivity contribution in [1.82, 2.24) is 14.9 Å². The van der Waals surface area contributed by atoms with E-state index in [-0.39, 0.29) is 28.9 Å². The molecule has 1 aliphatic heterocycles. The number of carbonyl (C=O) groups excluding carboxylic acids is 1. The van der Waals surface area contributed by atoms with Crippen molar-refractivity contribution in [3.8, 4) is 17.1 Å². The number of hydrogen-bond acceptors (Lipinski definition) is 6. The first-order valence-electron chi connectivity index (χ1n) is 9.58. The van der Waals surface area contributed by atoms with E-state index < -0.39 is 5.60 Å². The minimum Gasteiger partial charge on any atom is -0.475 e. The summed E-state index contributed by atoms with van der Waals surface area (Å²) in [5, 5.41) is 0.160. The van der Waals surface area contributed by atoms with Crippen molar-refractivity contribution >= 4 is 29.2 Å². The number of benzene rings is 1. The molecule has 0 bridgehead atoms. The zero-order chi connectivity index (χ0) is 21.9. The highest BCUT2D eigenvalue weighted by Gasteiger charge is 2.30. The van der Waals surface area contributed by atoms with Crippen LogP contribution >= 0.6 is 11.6 Å². The molecular formula is C21H24ClN5O3. The Labute approximate surface area is 180 Å². The zero-order valence-corrected chi connectivity index (χ0v) is 17.9. The van der Waals surface area contributed by atoms with Crippen molar-refractivity contribution in [2.45, 2.75) is 32.8 Å². The first-order valence-corrected chi connectivity index (χ1v) is 9.95. The Morgan fingerprint density at radius 2 is 2.03 bits per heavy atom. The number of nitrogens with two attached hydrogens (primary N) is 1. The van der Waals surface area contributed by atoms with E-state index in [2.05, 4.69) is 14.8 Å². The lowest BCUT2D eigenvalue weighted by Gasteiger charge is -2.24. The molecule has 30 heavy (non-hydrogen) atoms. The fraction of sp³-hybridized carbons (Fsp3) is 0.429. The molecule has 2 N–H and O–H groups in total. The third-order valence-corrected chi connectivity index (χ3v) is 4.77. The molecule has 0 saturated carbocycles. The van der Waals surface area contributed by atoms with Gasteiger partial charge in [0.05, 0.1) is 13.2 Å². The Balaban J connectivity index is 1.66. The van der Waals surface area contributed by atoms with E-state index in [1.54, 1.807) is 29.2 Å². The number of anilines is 1. The summed E-state index contributed by atoms with van der Waals surface area (Å²) < 4.78 is 11.2. The van der Waals surface area contributed by atoms with Gasteiger partial charge < -0.3 is 20.1 Å². The normalized spacial score (nSPS) is 16.2. The molecule has 2 heterocycles. The van der Waals surface area contributed by atoms with Crippen LogP contribution in [0.3, 0.4) is 0 Å². The third-order valence-electron chi connectivity index (χ3n) is 4.51. The standard InChI is InChI=1S/C21H24ClN5O3/c1-21(2,3)30-20(28)27-10-9-13(11-27)12-29-19-18(23)26-17(22)16(25-19)14-5-7-15(24-4)8-6-14/h5-8,13H,9-12H2,1-3H3,(H2,23,26)/t13-/m1/s1. The molecular weight excluding hydrogens is 406 g/mol. The highest BCUT2D eigenvalue weighted by molar-refractivity contribution is 6.32. The summed E-state index contributed by atoms with van der Waals surface area (Å²) in [6.45, 7) is 14.1. The average molecular weight is 430 g/mol. The minimum atomic E-state index is -0.525. The molecule has 0 unspecified atom stereocenters. The Morgan fingerprint density at radius 1 is 1.33 bits per heavy atom. The van der Waals surface area contributed by atoms with Crippen molar-refractivity contribution < 1.29 is 14.3 Å². The van der Waals surface area contributed by atoms with Gasteiger partial charge in [-0.3, -0.25) is 0 Å². The first kappa shape index (κ1) is 21.7. The number of nitrogens with zero attached hydrogens (tertiary/aromatic N) is 4. The summed E-state index contributed by atoms with van der Waals surface area (Å²) in [4.78, 5) is 25.8. The van der Waals surface area contributed by atoms with Gasteiger partial charge in [-0.2, -0.15) is 0 Å². The van der Waals surface area contributed by atoms with Crippen LogP contribution in [0.25, 0.3) is 16.1 Å². The van der Waals surface area contributed by atoms with Crippen molar-refractivity contribution in [1.29, 1.82) is 0 Å². The lowest BCUT2D eigenvalue weighted by Crippen LogP contribution is -2.35. The van der Waals surface area contributed by atoms with Crippen LogP contribution in [0.5, 0.6) is 5.88 Å². The monoisotopic (exact) mass is 429 g/mol. The number of likely N-dealkylation sites (tertiary alicyclic amines) is 1. The second-order valence-corrected chi connectivity index (χ2v) is 8.46. The molecule has 1 aromatic carbocycles. The SMILES string of the molecule is [C-]#[N+]c1ccc(-c2nc(OC[C@@H]3CCN(C(=O)OC(C)(C)C)C3)c(N)nc2Cl)cc1. The zero-order valence-electron chi connectivity index (χ0n) is 17.2. The van der Waals surface area contributed by atoms with Gasteiger partial charge in [0, 0.05) is 24.6 Å². The topological polar surface area (TPSA) is 94.9 Å². The lowest BCUT2D eigenvalue weighted by atomic mass is 10.1. The van der Waals surface area contributed by atoms with E-state index in [4.69, 9.17) is 33.4 Å². The van der Waals surface area contributed by atoms with Crippen molar-refractivity contribution in [3.63, 3.8) is 0 Å². The number of carbonyl (C=O) groups is 1. The highest BCUT2D eigenvalue weighted by Crippen LogP contribution is 2.31. The van der Waals surface area contributed by atoms with E-state index in [0.29, 0.717) is 36.6 Å². The van der Waals surface area contributed by atoms with Gasteiger partial charge >= 0.3 is 6.09 Å². The molecule has 3 rings (SSSR count). The number of halogens is 1. The minimum absolute atomic E-state index is 0.100. The maximum absolute atomic E-state index is 12.2. The number of hydrogen-bond donors (Lipinski definition) is 1. The summed E-state index contributed by atoms with van der Waals surface area (Å²) in [6, 6.07) is 6.86. The maximum atomic E-state index is 12.2.